The zero-order chi connectivity index (χ0) is 17.1. The highest BCUT2D eigenvalue weighted by molar-refractivity contribution is 5.77. The van der Waals surface area contributed by atoms with Crippen molar-refractivity contribution in [1.29, 1.82) is 0 Å². The molecule has 3 aromatic rings. The molecule has 1 fully saturated rings. The molecule has 128 valence electrons. The van der Waals surface area contributed by atoms with Crippen molar-refractivity contribution in [2.75, 3.05) is 13.1 Å². The molecule has 0 radical (unpaired) electrons. The maximum Gasteiger partial charge on any atom is 0.222 e. The van der Waals surface area contributed by atoms with Crippen LogP contribution in [-0.4, -0.2) is 44.1 Å². The van der Waals surface area contributed by atoms with Crippen LogP contribution in [0.25, 0.3) is 11.2 Å². The Bertz CT molecular complexity index is 852. The van der Waals surface area contributed by atoms with Crippen molar-refractivity contribution in [3.8, 4) is 0 Å². The Morgan fingerprint density at radius 2 is 1.88 bits per heavy atom. The number of carbonyl (C=O) groups is 1. The smallest absolute Gasteiger partial charge is 0.222 e. The van der Waals surface area contributed by atoms with Crippen molar-refractivity contribution < 1.29 is 4.79 Å². The number of likely N-dealkylation sites (tertiary alicyclic amines) is 1. The lowest BCUT2D eigenvalue weighted by Crippen LogP contribution is -2.38. The number of benzene rings is 1. The van der Waals surface area contributed by atoms with E-state index in [1.807, 2.05) is 23.1 Å². The second kappa shape index (κ2) is 7.01. The van der Waals surface area contributed by atoms with Crippen LogP contribution in [0.3, 0.4) is 0 Å². The fourth-order valence-electron chi connectivity index (χ4n) is 3.52. The molecule has 1 aliphatic rings. The van der Waals surface area contributed by atoms with Gasteiger partial charge in [0.15, 0.2) is 5.65 Å². The van der Waals surface area contributed by atoms with Gasteiger partial charge in [-0.05, 0) is 24.8 Å². The van der Waals surface area contributed by atoms with Crippen LogP contribution in [0.1, 0.15) is 36.4 Å². The van der Waals surface area contributed by atoms with E-state index in [0.717, 1.165) is 43.6 Å². The van der Waals surface area contributed by atoms with Crippen LogP contribution in [0.5, 0.6) is 0 Å². The predicted octanol–water partition coefficient (Wildman–Crippen LogP) is 2.69. The summed E-state index contributed by atoms with van der Waals surface area (Å²) < 4.78 is 0. The quantitative estimate of drug-likeness (QED) is 0.795. The summed E-state index contributed by atoms with van der Waals surface area (Å²) in [6.45, 7) is 1.58. The molecule has 6 heteroatoms. The SMILES string of the molecule is O=C(CCc1ccccc1)N1CCC(c2[nH]nc3nccnc23)CC1. The molecule has 6 nitrogen and oxygen atoms in total. The van der Waals surface area contributed by atoms with Gasteiger partial charge in [-0.3, -0.25) is 9.89 Å². The third kappa shape index (κ3) is 3.38. The molecular formula is C19H21N5O. The number of aromatic amines is 1. The standard InChI is InChI=1S/C19H21N5O/c25-16(7-6-14-4-2-1-3-5-14)24-12-8-15(9-13-24)17-18-19(23-22-17)21-11-10-20-18/h1-5,10-11,15H,6-9,12-13H2,(H,21,22,23). The van der Waals surface area contributed by atoms with Gasteiger partial charge in [0.2, 0.25) is 5.91 Å². The summed E-state index contributed by atoms with van der Waals surface area (Å²) in [5.74, 6) is 0.608. The van der Waals surface area contributed by atoms with E-state index in [4.69, 9.17) is 0 Å². The van der Waals surface area contributed by atoms with Crippen LogP contribution in [0.4, 0.5) is 0 Å². The Labute approximate surface area is 146 Å². The van der Waals surface area contributed by atoms with Gasteiger partial charge >= 0.3 is 0 Å². The summed E-state index contributed by atoms with van der Waals surface area (Å²) in [6, 6.07) is 10.2. The average Bonchev–Trinajstić information content (AvgIpc) is 3.11. The minimum Gasteiger partial charge on any atom is -0.343 e. The second-order valence-electron chi connectivity index (χ2n) is 6.51. The summed E-state index contributed by atoms with van der Waals surface area (Å²) in [4.78, 5) is 23.1. The molecular weight excluding hydrogens is 314 g/mol. The summed E-state index contributed by atoms with van der Waals surface area (Å²) in [5, 5.41) is 7.33. The molecule has 0 unspecified atom stereocenters. The Hall–Kier alpha value is -2.76. The summed E-state index contributed by atoms with van der Waals surface area (Å²) in [6.07, 6.45) is 6.61. The first kappa shape index (κ1) is 15.7. The van der Waals surface area contributed by atoms with Crippen LogP contribution in [-0.2, 0) is 11.2 Å². The lowest BCUT2D eigenvalue weighted by atomic mass is 9.92. The van der Waals surface area contributed by atoms with Gasteiger partial charge < -0.3 is 4.90 Å². The van der Waals surface area contributed by atoms with Crippen molar-refractivity contribution in [3.63, 3.8) is 0 Å². The van der Waals surface area contributed by atoms with Crippen molar-refractivity contribution in [3.05, 3.63) is 54.0 Å². The zero-order valence-corrected chi connectivity index (χ0v) is 14.1. The van der Waals surface area contributed by atoms with Gasteiger partial charge in [-0.2, -0.15) is 5.10 Å². The highest BCUT2D eigenvalue weighted by Crippen LogP contribution is 2.30. The van der Waals surface area contributed by atoms with E-state index >= 15 is 0 Å². The highest BCUT2D eigenvalue weighted by Gasteiger charge is 2.26. The number of nitrogens with one attached hydrogen (secondary N) is 1. The molecule has 0 aliphatic carbocycles. The largest absolute Gasteiger partial charge is 0.343 e. The van der Waals surface area contributed by atoms with Crippen LogP contribution < -0.4 is 0 Å². The van der Waals surface area contributed by atoms with Gasteiger partial charge in [0.05, 0.1) is 5.69 Å². The first-order chi connectivity index (χ1) is 12.3. The van der Waals surface area contributed by atoms with Crippen molar-refractivity contribution in [2.24, 2.45) is 0 Å². The topological polar surface area (TPSA) is 74.8 Å². The zero-order valence-electron chi connectivity index (χ0n) is 14.1. The Balaban J connectivity index is 1.34. The number of H-pyrrole nitrogens is 1. The molecule has 1 aromatic carbocycles. The number of piperidine rings is 1. The van der Waals surface area contributed by atoms with Gasteiger partial charge in [-0.15, -0.1) is 0 Å². The molecule has 0 atom stereocenters. The normalized spacial score (nSPS) is 15.6. The number of amides is 1. The number of rotatable bonds is 4. The van der Waals surface area contributed by atoms with E-state index < -0.39 is 0 Å². The van der Waals surface area contributed by atoms with E-state index in [-0.39, 0.29) is 5.91 Å². The number of hydrogen-bond donors (Lipinski definition) is 1. The molecule has 2 aromatic heterocycles. The minimum atomic E-state index is 0.247. The first-order valence-electron chi connectivity index (χ1n) is 8.78. The Morgan fingerprint density at radius 3 is 2.68 bits per heavy atom. The van der Waals surface area contributed by atoms with Gasteiger partial charge in [-0.1, -0.05) is 30.3 Å². The van der Waals surface area contributed by atoms with Crippen LogP contribution in [0, 0.1) is 0 Å². The number of aryl methyl sites for hydroxylation is 1. The molecule has 1 aliphatic heterocycles. The number of hydrogen-bond acceptors (Lipinski definition) is 4. The summed E-state index contributed by atoms with van der Waals surface area (Å²) >= 11 is 0. The molecule has 1 amide bonds. The molecule has 0 spiro atoms. The molecule has 0 saturated carbocycles. The van der Waals surface area contributed by atoms with Crippen molar-refractivity contribution in [1.82, 2.24) is 25.1 Å². The number of fused-ring (bicyclic) bond motifs is 1. The van der Waals surface area contributed by atoms with E-state index in [9.17, 15) is 4.79 Å². The fourth-order valence-corrected chi connectivity index (χ4v) is 3.52. The molecule has 3 heterocycles. The average molecular weight is 335 g/mol. The molecule has 4 rings (SSSR count). The third-order valence-electron chi connectivity index (χ3n) is 4.94. The van der Waals surface area contributed by atoms with Crippen molar-refractivity contribution in [2.45, 2.75) is 31.6 Å². The van der Waals surface area contributed by atoms with Crippen molar-refractivity contribution >= 4 is 17.1 Å². The Kier molecular flexibility index (Phi) is 4.41. The molecule has 0 bridgehead atoms. The first-order valence-corrected chi connectivity index (χ1v) is 8.78. The number of carbonyl (C=O) groups excluding carboxylic acids is 1. The molecule has 1 N–H and O–H groups in total. The van der Waals surface area contributed by atoms with Gasteiger partial charge in [-0.25, -0.2) is 9.97 Å². The Morgan fingerprint density at radius 1 is 1.12 bits per heavy atom. The predicted molar refractivity (Wildman–Crippen MR) is 95.0 cm³/mol. The van der Waals surface area contributed by atoms with E-state index in [1.165, 1.54) is 5.56 Å². The van der Waals surface area contributed by atoms with E-state index in [0.29, 0.717) is 18.0 Å². The fraction of sp³-hybridized carbons (Fsp3) is 0.368. The van der Waals surface area contributed by atoms with E-state index in [1.54, 1.807) is 12.4 Å². The van der Waals surface area contributed by atoms with E-state index in [2.05, 4.69) is 32.3 Å². The lowest BCUT2D eigenvalue weighted by molar-refractivity contribution is -0.132. The lowest BCUT2D eigenvalue weighted by Gasteiger charge is -2.31. The van der Waals surface area contributed by atoms with Gasteiger partial charge in [0.1, 0.15) is 5.52 Å². The molecule has 1 saturated heterocycles. The minimum absolute atomic E-state index is 0.247. The third-order valence-corrected chi connectivity index (χ3v) is 4.94. The summed E-state index contributed by atoms with van der Waals surface area (Å²) in [5.41, 5.74) is 3.79. The van der Waals surface area contributed by atoms with Crippen LogP contribution in [0.15, 0.2) is 42.7 Å². The van der Waals surface area contributed by atoms with Crippen LogP contribution >= 0.6 is 0 Å². The second-order valence-corrected chi connectivity index (χ2v) is 6.51. The number of aromatic nitrogens is 4. The van der Waals surface area contributed by atoms with Gasteiger partial charge in [0.25, 0.3) is 0 Å². The summed E-state index contributed by atoms with van der Waals surface area (Å²) in [7, 11) is 0. The maximum atomic E-state index is 12.5. The van der Waals surface area contributed by atoms with Crippen LogP contribution in [0.2, 0.25) is 0 Å². The molecule has 25 heavy (non-hydrogen) atoms. The van der Waals surface area contributed by atoms with Gasteiger partial charge in [0, 0.05) is 37.8 Å². The number of nitrogens with zero attached hydrogens (tertiary/aromatic N) is 4. The monoisotopic (exact) mass is 335 g/mol. The maximum absolute atomic E-state index is 12.5. The highest BCUT2D eigenvalue weighted by atomic mass is 16.2.